The molecule has 0 aromatic heterocycles. The summed E-state index contributed by atoms with van der Waals surface area (Å²) in [7, 11) is 0. The molecule has 1 fully saturated rings. The molecule has 0 aliphatic carbocycles. The Morgan fingerprint density at radius 1 is 1.27 bits per heavy atom. The lowest BCUT2D eigenvalue weighted by molar-refractivity contribution is -0.151. The van der Waals surface area contributed by atoms with Crippen LogP contribution in [0.4, 0.5) is 0 Å². The number of hydrogen-bond donors (Lipinski definition) is 1. The predicted octanol–water partition coefficient (Wildman–Crippen LogP) is 1.52. The third-order valence-electron chi connectivity index (χ3n) is 3.82. The van der Waals surface area contributed by atoms with Gasteiger partial charge in [0.1, 0.15) is 6.04 Å². The maximum Gasteiger partial charge on any atom is 0.251 e. The van der Waals surface area contributed by atoms with Gasteiger partial charge in [0.05, 0.1) is 0 Å². The molecule has 22 heavy (non-hydrogen) atoms. The van der Waals surface area contributed by atoms with E-state index in [1.165, 1.54) is 4.90 Å². The van der Waals surface area contributed by atoms with Crippen LogP contribution in [0.15, 0.2) is 30.3 Å². The van der Waals surface area contributed by atoms with Crippen molar-refractivity contribution in [3.8, 4) is 0 Å². The first-order valence-electron chi connectivity index (χ1n) is 7.67. The first-order valence-corrected chi connectivity index (χ1v) is 7.67. The van der Waals surface area contributed by atoms with Gasteiger partial charge in [-0.2, -0.15) is 0 Å². The monoisotopic (exact) mass is 302 g/mol. The molecular weight excluding hydrogens is 280 g/mol. The van der Waals surface area contributed by atoms with E-state index in [2.05, 4.69) is 5.32 Å². The van der Waals surface area contributed by atoms with Gasteiger partial charge < -0.3 is 5.32 Å². The fourth-order valence-corrected chi connectivity index (χ4v) is 2.43. The number of rotatable bonds is 5. The molecule has 1 aliphatic rings. The maximum absolute atomic E-state index is 12.4. The van der Waals surface area contributed by atoms with Crippen LogP contribution < -0.4 is 5.32 Å². The lowest BCUT2D eigenvalue weighted by Crippen LogP contribution is -2.55. The highest BCUT2D eigenvalue weighted by atomic mass is 16.2. The van der Waals surface area contributed by atoms with E-state index in [1.807, 2.05) is 30.3 Å². The minimum absolute atomic E-state index is 0.157. The first-order chi connectivity index (χ1) is 10.5. The highest BCUT2D eigenvalue weighted by Gasteiger charge is 2.35. The average molecular weight is 302 g/mol. The Kier molecular flexibility index (Phi) is 5.31. The molecule has 1 aromatic carbocycles. The summed E-state index contributed by atoms with van der Waals surface area (Å²) in [4.78, 5) is 37.4. The van der Waals surface area contributed by atoms with E-state index in [4.69, 9.17) is 0 Å². The fourth-order valence-electron chi connectivity index (χ4n) is 2.43. The molecule has 0 saturated carbocycles. The second kappa shape index (κ2) is 7.20. The van der Waals surface area contributed by atoms with Gasteiger partial charge in [0.25, 0.3) is 5.91 Å². The van der Waals surface area contributed by atoms with Crippen LogP contribution in [-0.4, -0.2) is 35.2 Å². The SMILES string of the molecule is CC(C)C(=O)N[C@H]1CCC(=O)N(CCc2ccccc2)C1=O. The molecule has 0 radical (unpaired) electrons. The molecule has 5 heteroatoms. The number of piperidine rings is 1. The number of carbonyl (C=O) groups is 3. The summed E-state index contributed by atoms with van der Waals surface area (Å²) in [6, 6.07) is 9.15. The van der Waals surface area contributed by atoms with Crippen LogP contribution in [-0.2, 0) is 20.8 Å². The lowest BCUT2D eigenvalue weighted by atomic mass is 10.0. The first kappa shape index (κ1) is 16.2. The van der Waals surface area contributed by atoms with Crippen molar-refractivity contribution >= 4 is 17.7 Å². The maximum atomic E-state index is 12.4. The number of likely N-dealkylation sites (tertiary alicyclic amines) is 1. The minimum atomic E-state index is -0.580. The number of nitrogens with one attached hydrogen (secondary N) is 1. The number of hydrogen-bond acceptors (Lipinski definition) is 3. The van der Waals surface area contributed by atoms with Gasteiger partial charge in [-0.3, -0.25) is 19.3 Å². The zero-order chi connectivity index (χ0) is 16.1. The van der Waals surface area contributed by atoms with Crippen molar-refractivity contribution in [1.29, 1.82) is 0 Å². The molecule has 1 saturated heterocycles. The Labute approximate surface area is 130 Å². The molecule has 3 amide bonds. The number of imide groups is 1. The lowest BCUT2D eigenvalue weighted by Gasteiger charge is -2.31. The van der Waals surface area contributed by atoms with Crippen LogP contribution in [0.1, 0.15) is 32.3 Å². The number of benzene rings is 1. The van der Waals surface area contributed by atoms with Crippen molar-refractivity contribution in [3.63, 3.8) is 0 Å². The van der Waals surface area contributed by atoms with Crippen molar-refractivity contribution in [2.45, 2.75) is 39.2 Å². The molecule has 1 heterocycles. The average Bonchev–Trinajstić information content (AvgIpc) is 2.50. The van der Waals surface area contributed by atoms with Gasteiger partial charge in [0.2, 0.25) is 11.8 Å². The van der Waals surface area contributed by atoms with Gasteiger partial charge >= 0.3 is 0 Å². The molecule has 1 N–H and O–H groups in total. The van der Waals surface area contributed by atoms with Gasteiger partial charge in [0.15, 0.2) is 0 Å². The number of nitrogens with zero attached hydrogens (tertiary/aromatic N) is 1. The van der Waals surface area contributed by atoms with Gasteiger partial charge in [-0.25, -0.2) is 0 Å². The second-order valence-corrected chi connectivity index (χ2v) is 5.87. The quantitative estimate of drug-likeness (QED) is 0.839. The summed E-state index contributed by atoms with van der Waals surface area (Å²) >= 11 is 0. The zero-order valence-corrected chi connectivity index (χ0v) is 13.0. The van der Waals surface area contributed by atoms with Crippen molar-refractivity contribution in [1.82, 2.24) is 10.2 Å². The molecular formula is C17H22N2O3. The minimum Gasteiger partial charge on any atom is -0.344 e. The summed E-state index contributed by atoms with van der Waals surface area (Å²) < 4.78 is 0. The predicted molar refractivity (Wildman–Crippen MR) is 82.9 cm³/mol. The Bertz CT molecular complexity index is 554. The fraction of sp³-hybridized carbons (Fsp3) is 0.471. The smallest absolute Gasteiger partial charge is 0.251 e. The molecule has 0 unspecified atom stereocenters. The topological polar surface area (TPSA) is 66.5 Å². The molecule has 1 atom stereocenters. The van der Waals surface area contributed by atoms with Gasteiger partial charge in [-0.1, -0.05) is 44.2 Å². The summed E-state index contributed by atoms with van der Waals surface area (Å²) in [6.45, 7) is 3.91. The number of amides is 3. The standard InChI is InChI=1S/C17H22N2O3/c1-12(2)16(21)18-14-8-9-15(20)19(17(14)22)11-10-13-6-4-3-5-7-13/h3-7,12,14H,8-11H2,1-2H3,(H,18,21)/t14-/m0/s1. The summed E-state index contributed by atoms with van der Waals surface area (Å²) in [5.41, 5.74) is 1.08. The second-order valence-electron chi connectivity index (χ2n) is 5.87. The Morgan fingerprint density at radius 3 is 2.59 bits per heavy atom. The largest absolute Gasteiger partial charge is 0.344 e. The molecule has 2 rings (SSSR count). The molecule has 1 aliphatic heterocycles. The third kappa shape index (κ3) is 3.93. The van der Waals surface area contributed by atoms with Crippen LogP contribution in [0.5, 0.6) is 0 Å². The van der Waals surface area contributed by atoms with E-state index in [0.29, 0.717) is 25.8 Å². The summed E-state index contributed by atoms with van der Waals surface area (Å²) in [5.74, 6) is -0.781. The van der Waals surface area contributed by atoms with Crippen LogP contribution in [0.2, 0.25) is 0 Å². The van der Waals surface area contributed by atoms with Crippen LogP contribution in [0, 0.1) is 5.92 Å². The Hall–Kier alpha value is -2.17. The highest BCUT2D eigenvalue weighted by molar-refractivity contribution is 6.01. The van der Waals surface area contributed by atoms with E-state index in [9.17, 15) is 14.4 Å². The Morgan fingerprint density at radius 2 is 1.95 bits per heavy atom. The molecule has 0 bridgehead atoms. The third-order valence-corrected chi connectivity index (χ3v) is 3.82. The van der Waals surface area contributed by atoms with E-state index in [0.717, 1.165) is 5.56 Å². The van der Waals surface area contributed by atoms with Crippen LogP contribution in [0.25, 0.3) is 0 Å². The van der Waals surface area contributed by atoms with Crippen molar-refractivity contribution < 1.29 is 14.4 Å². The zero-order valence-electron chi connectivity index (χ0n) is 13.0. The van der Waals surface area contributed by atoms with Gasteiger partial charge in [-0.15, -0.1) is 0 Å². The number of carbonyl (C=O) groups excluding carboxylic acids is 3. The van der Waals surface area contributed by atoms with E-state index in [1.54, 1.807) is 13.8 Å². The van der Waals surface area contributed by atoms with Gasteiger partial charge in [-0.05, 0) is 18.4 Å². The normalized spacial score (nSPS) is 18.7. The summed E-state index contributed by atoms with van der Waals surface area (Å²) in [6.07, 6.45) is 1.31. The molecule has 5 nitrogen and oxygen atoms in total. The molecule has 1 aromatic rings. The van der Waals surface area contributed by atoms with E-state index < -0.39 is 6.04 Å². The highest BCUT2D eigenvalue weighted by Crippen LogP contribution is 2.15. The Balaban J connectivity index is 1.98. The van der Waals surface area contributed by atoms with Gasteiger partial charge in [0, 0.05) is 18.9 Å². The van der Waals surface area contributed by atoms with Crippen LogP contribution in [0.3, 0.4) is 0 Å². The summed E-state index contributed by atoms with van der Waals surface area (Å²) in [5, 5.41) is 2.73. The van der Waals surface area contributed by atoms with Crippen molar-refractivity contribution in [2.24, 2.45) is 5.92 Å². The molecule has 118 valence electrons. The van der Waals surface area contributed by atoms with E-state index in [-0.39, 0.29) is 23.6 Å². The van der Waals surface area contributed by atoms with Crippen molar-refractivity contribution in [2.75, 3.05) is 6.54 Å². The van der Waals surface area contributed by atoms with Crippen molar-refractivity contribution in [3.05, 3.63) is 35.9 Å². The van der Waals surface area contributed by atoms with E-state index >= 15 is 0 Å². The molecule has 0 spiro atoms. The van der Waals surface area contributed by atoms with Crippen LogP contribution >= 0.6 is 0 Å².